The molecular weight excluding hydrogens is 384 g/mol. The fourth-order valence-corrected chi connectivity index (χ4v) is 3.89. The molecule has 1 unspecified atom stereocenters. The van der Waals surface area contributed by atoms with E-state index in [4.69, 9.17) is 16.3 Å². The Morgan fingerprint density at radius 1 is 1.10 bits per heavy atom. The largest absolute Gasteiger partial charge is 0.481 e. The van der Waals surface area contributed by atoms with Crippen molar-refractivity contribution in [3.8, 4) is 5.75 Å². The minimum absolute atomic E-state index is 0.128. The number of hydrogen-bond acceptors (Lipinski definition) is 3. The lowest BCUT2D eigenvalue weighted by molar-refractivity contribution is -0.127. The molecule has 156 valence electrons. The van der Waals surface area contributed by atoms with Gasteiger partial charge in [0.25, 0.3) is 5.91 Å². The van der Waals surface area contributed by atoms with Crippen molar-refractivity contribution < 1.29 is 9.53 Å². The monoisotopic (exact) mass is 414 g/mol. The second-order valence-electron chi connectivity index (χ2n) is 8.01. The average Bonchev–Trinajstić information content (AvgIpc) is 2.71. The van der Waals surface area contributed by atoms with Crippen molar-refractivity contribution in [2.75, 3.05) is 13.1 Å². The number of rotatable bonds is 7. The van der Waals surface area contributed by atoms with Crippen LogP contribution in [0.4, 0.5) is 0 Å². The van der Waals surface area contributed by atoms with E-state index < -0.39 is 6.10 Å². The van der Waals surface area contributed by atoms with Gasteiger partial charge in [0.1, 0.15) is 5.75 Å². The maximum absolute atomic E-state index is 12.5. The number of nitrogens with zero attached hydrogens (tertiary/aromatic N) is 1. The molecule has 0 saturated carbocycles. The molecule has 1 saturated heterocycles. The van der Waals surface area contributed by atoms with Gasteiger partial charge in [0.2, 0.25) is 0 Å². The normalized spacial score (nSPS) is 15.7. The van der Waals surface area contributed by atoms with Crippen LogP contribution in [0.25, 0.3) is 0 Å². The number of hydrogen-bond donors (Lipinski definition) is 1. The zero-order chi connectivity index (χ0) is 20.8. The van der Waals surface area contributed by atoms with E-state index in [-0.39, 0.29) is 5.91 Å². The molecule has 0 bridgehead atoms. The lowest BCUT2D eigenvalue weighted by Gasteiger charge is -2.26. The summed E-state index contributed by atoms with van der Waals surface area (Å²) in [5.74, 6) is 0.535. The molecule has 0 spiro atoms. The lowest BCUT2D eigenvalue weighted by atomic mass is 10.1. The summed E-state index contributed by atoms with van der Waals surface area (Å²) in [6.45, 7) is 9.48. The maximum atomic E-state index is 12.5. The van der Waals surface area contributed by atoms with Gasteiger partial charge in [-0.1, -0.05) is 42.3 Å². The Labute approximate surface area is 179 Å². The van der Waals surface area contributed by atoms with E-state index in [9.17, 15) is 4.79 Å². The summed E-state index contributed by atoms with van der Waals surface area (Å²) in [7, 11) is 0. The molecule has 0 radical (unpaired) electrons. The maximum Gasteiger partial charge on any atom is 0.261 e. The van der Waals surface area contributed by atoms with Crippen molar-refractivity contribution in [2.24, 2.45) is 0 Å². The first-order valence-electron chi connectivity index (χ1n) is 10.4. The minimum Gasteiger partial charge on any atom is -0.481 e. The Hall–Kier alpha value is -2.04. The molecule has 0 aromatic heterocycles. The highest BCUT2D eigenvalue weighted by atomic mass is 35.5. The Morgan fingerprint density at radius 3 is 2.45 bits per heavy atom. The smallest absolute Gasteiger partial charge is 0.261 e. The molecule has 2 aromatic rings. The van der Waals surface area contributed by atoms with E-state index >= 15 is 0 Å². The Bertz CT molecular complexity index is 824. The fourth-order valence-electron chi connectivity index (χ4n) is 3.78. The van der Waals surface area contributed by atoms with Gasteiger partial charge in [0, 0.05) is 18.1 Å². The van der Waals surface area contributed by atoms with Crippen LogP contribution in [0, 0.1) is 13.8 Å². The van der Waals surface area contributed by atoms with Crippen LogP contribution in [0.2, 0.25) is 5.02 Å². The molecule has 1 atom stereocenters. The highest BCUT2D eigenvalue weighted by Gasteiger charge is 2.16. The second kappa shape index (κ2) is 10.1. The van der Waals surface area contributed by atoms with Crippen LogP contribution in [0.5, 0.6) is 5.75 Å². The predicted molar refractivity (Wildman–Crippen MR) is 118 cm³/mol. The number of carbonyl (C=O) groups is 1. The number of benzene rings is 2. The summed E-state index contributed by atoms with van der Waals surface area (Å²) in [6, 6.07) is 12.2. The quantitative estimate of drug-likeness (QED) is 0.691. The second-order valence-corrected chi connectivity index (χ2v) is 8.38. The number of halogens is 1. The van der Waals surface area contributed by atoms with Crippen LogP contribution in [-0.4, -0.2) is 30.0 Å². The average molecular weight is 415 g/mol. The van der Waals surface area contributed by atoms with Crippen LogP contribution in [0.15, 0.2) is 36.4 Å². The lowest BCUT2D eigenvalue weighted by Crippen LogP contribution is -2.36. The van der Waals surface area contributed by atoms with Gasteiger partial charge >= 0.3 is 0 Å². The molecule has 1 heterocycles. The third kappa shape index (κ3) is 6.22. The van der Waals surface area contributed by atoms with Gasteiger partial charge in [-0.2, -0.15) is 0 Å². The van der Waals surface area contributed by atoms with E-state index in [1.165, 1.54) is 37.9 Å². The molecule has 1 aliphatic heterocycles. The molecule has 2 aromatic carbocycles. The molecule has 0 aliphatic carbocycles. The summed E-state index contributed by atoms with van der Waals surface area (Å²) in [5.41, 5.74) is 4.30. The van der Waals surface area contributed by atoms with Crippen LogP contribution < -0.4 is 10.1 Å². The van der Waals surface area contributed by atoms with E-state index in [2.05, 4.69) is 34.5 Å². The third-order valence-electron chi connectivity index (χ3n) is 5.41. The van der Waals surface area contributed by atoms with Gasteiger partial charge < -0.3 is 10.1 Å². The molecule has 5 heteroatoms. The molecule has 1 aliphatic rings. The van der Waals surface area contributed by atoms with Gasteiger partial charge in [-0.3, -0.25) is 9.69 Å². The van der Waals surface area contributed by atoms with E-state index in [0.717, 1.165) is 28.3 Å². The number of carbonyl (C=O) groups excluding carboxylic acids is 1. The summed E-state index contributed by atoms with van der Waals surface area (Å²) in [4.78, 5) is 15.0. The summed E-state index contributed by atoms with van der Waals surface area (Å²) < 4.78 is 5.83. The zero-order valence-corrected chi connectivity index (χ0v) is 18.4. The van der Waals surface area contributed by atoms with E-state index in [1.54, 1.807) is 6.92 Å². The highest BCUT2D eigenvalue weighted by molar-refractivity contribution is 6.32. The van der Waals surface area contributed by atoms with Crippen molar-refractivity contribution in [1.82, 2.24) is 10.2 Å². The standard InChI is InChI=1S/C24H31ClN2O2/c1-17-12-22(13-18(2)23(17)25)29-19(3)24(28)26-15-20-8-7-9-21(14-20)16-27-10-5-4-6-11-27/h7-9,12-14,19H,4-6,10-11,15-16H2,1-3H3,(H,26,28). The van der Waals surface area contributed by atoms with Crippen LogP contribution in [0.3, 0.4) is 0 Å². The summed E-state index contributed by atoms with van der Waals surface area (Å²) in [6.07, 6.45) is 3.35. The number of ether oxygens (including phenoxy) is 1. The fraction of sp³-hybridized carbons (Fsp3) is 0.458. The minimum atomic E-state index is -0.577. The third-order valence-corrected chi connectivity index (χ3v) is 6.00. The number of nitrogens with one attached hydrogen (secondary N) is 1. The summed E-state index contributed by atoms with van der Waals surface area (Å²) >= 11 is 6.20. The van der Waals surface area contributed by atoms with Gasteiger partial charge in [0.15, 0.2) is 6.10 Å². The number of piperidine rings is 1. The van der Waals surface area contributed by atoms with Gasteiger partial charge in [0.05, 0.1) is 0 Å². The van der Waals surface area contributed by atoms with Crippen molar-refractivity contribution in [3.63, 3.8) is 0 Å². The molecule has 1 fully saturated rings. The first-order chi connectivity index (χ1) is 13.9. The van der Waals surface area contributed by atoms with Crippen molar-refractivity contribution in [1.29, 1.82) is 0 Å². The number of likely N-dealkylation sites (tertiary alicyclic amines) is 1. The molecule has 29 heavy (non-hydrogen) atoms. The van der Waals surface area contributed by atoms with Crippen molar-refractivity contribution in [2.45, 2.75) is 59.2 Å². The van der Waals surface area contributed by atoms with E-state index in [1.807, 2.05) is 26.0 Å². The SMILES string of the molecule is Cc1cc(OC(C)C(=O)NCc2cccc(CN3CCCCC3)c2)cc(C)c1Cl. The molecule has 3 rings (SSSR count). The Morgan fingerprint density at radius 2 is 1.76 bits per heavy atom. The topological polar surface area (TPSA) is 41.6 Å². The van der Waals surface area contributed by atoms with Crippen molar-refractivity contribution in [3.05, 3.63) is 63.7 Å². The number of aryl methyl sites for hydroxylation is 2. The van der Waals surface area contributed by atoms with Gasteiger partial charge in [-0.05, 0) is 81.1 Å². The van der Waals surface area contributed by atoms with Crippen molar-refractivity contribution >= 4 is 17.5 Å². The molecular formula is C24H31ClN2O2. The first-order valence-corrected chi connectivity index (χ1v) is 10.8. The first kappa shape index (κ1) is 21.7. The highest BCUT2D eigenvalue weighted by Crippen LogP contribution is 2.26. The van der Waals surface area contributed by atoms with Crippen LogP contribution in [-0.2, 0) is 17.9 Å². The van der Waals surface area contributed by atoms with Crippen LogP contribution >= 0.6 is 11.6 Å². The number of amides is 1. The molecule has 4 nitrogen and oxygen atoms in total. The summed E-state index contributed by atoms with van der Waals surface area (Å²) in [5, 5.41) is 3.72. The van der Waals surface area contributed by atoms with E-state index in [0.29, 0.717) is 12.3 Å². The zero-order valence-electron chi connectivity index (χ0n) is 17.6. The van der Waals surface area contributed by atoms with Gasteiger partial charge in [-0.15, -0.1) is 0 Å². The molecule has 1 N–H and O–H groups in total. The Kier molecular flexibility index (Phi) is 7.57. The Balaban J connectivity index is 1.52. The molecule has 1 amide bonds. The van der Waals surface area contributed by atoms with Crippen LogP contribution in [0.1, 0.15) is 48.4 Å². The predicted octanol–water partition coefficient (Wildman–Crippen LogP) is 5.03. The van der Waals surface area contributed by atoms with Gasteiger partial charge in [-0.25, -0.2) is 0 Å².